The molecule has 7 heteroatoms. The molecule has 0 spiro atoms. The van der Waals surface area contributed by atoms with Crippen molar-refractivity contribution in [3.8, 4) is 11.3 Å². The number of aryl methyl sites for hydroxylation is 1. The number of carbonyl (C=O) groups excluding carboxylic acids is 2. The van der Waals surface area contributed by atoms with Gasteiger partial charge in [-0.2, -0.15) is 0 Å². The quantitative estimate of drug-likeness (QED) is 0.547. The van der Waals surface area contributed by atoms with Crippen LogP contribution < -0.4 is 10.2 Å². The van der Waals surface area contributed by atoms with Crippen LogP contribution in [0.4, 0.5) is 11.4 Å². The van der Waals surface area contributed by atoms with Gasteiger partial charge >= 0.3 is 5.97 Å². The Morgan fingerprint density at radius 1 is 1.09 bits per heavy atom. The molecule has 0 unspecified atom stereocenters. The Bertz CT molecular complexity index is 1100. The number of nitrogens with zero attached hydrogens (tertiary/aromatic N) is 2. The molecule has 0 radical (unpaired) electrons. The Morgan fingerprint density at radius 2 is 1.84 bits per heavy atom. The number of esters is 1. The monoisotopic (exact) mass is 433 g/mol. The van der Waals surface area contributed by atoms with Gasteiger partial charge in [-0.05, 0) is 51.3 Å². The maximum Gasteiger partial charge on any atom is 0.338 e. The number of anilines is 2. The van der Waals surface area contributed by atoms with E-state index in [1.54, 1.807) is 26.0 Å². The molecule has 2 heterocycles. The van der Waals surface area contributed by atoms with E-state index >= 15 is 0 Å². The number of benzene rings is 2. The molecule has 32 heavy (non-hydrogen) atoms. The highest BCUT2D eigenvalue weighted by Crippen LogP contribution is 2.32. The lowest BCUT2D eigenvalue weighted by molar-refractivity contribution is 0.0526. The minimum atomic E-state index is -0.417. The van der Waals surface area contributed by atoms with E-state index in [2.05, 4.69) is 15.4 Å². The van der Waals surface area contributed by atoms with Crippen molar-refractivity contribution < 1.29 is 18.8 Å². The molecule has 4 rings (SSSR count). The molecule has 166 valence electrons. The van der Waals surface area contributed by atoms with Crippen LogP contribution >= 0.6 is 0 Å². The number of ether oxygens (including phenoxy) is 1. The lowest BCUT2D eigenvalue weighted by Crippen LogP contribution is -2.30. The van der Waals surface area contributed by atoms with Crippen molar-refractivity contribution in [1.29, 1.82) is 0 Å². The molecule has 1 saturated heterocycles. The Labute approximate surface area is 187 Å². The number of carbonyl (C=O) groups is 2. The zero-order chi connectivity index (χ0) is 22.5. The SMILES string of the molecule is CCOC(=O)c1ccc(N2CCCCC2)c(NC(=O)c2c(-c3ccccc3)noc2C)c1. The predicted octanol–water partition coefficient (Wildman–Crippen LogP) is 5.07. The summed E-state index contributed by atoms with van der Waals surface area (Å²) in [6.07, 6.45) is 3.38. The van der Waals surface area contributed by atoms with Crippen LogP contribution in [-0.4, -0.2) is 36.7 Å². The van der Waals surface area contributed by atoms with Gasteiger partial charge in [-0.15, -0.1) is 0 Å². The summed E-state index contributed by atoms with van der Waals surface area (Å²) in [4.78, 5) is 27.9. The van der Waals surface area contributed by atoms with E-state index in [-0.39, 0.29) is 12.5 Å². The first-order valence-electron chi connectivity index (χ1n) is 11.0. The van der Waals surface area contributed by atoms with Gasteiger partial charge in [0, 0.05) is 18.7 Å². The second kappa shape index (κ2) is 9.68. The minimum Gasteiger partial charge on any atom is -0.462 e. The van der Waals surface area contributed by atoms with Crippen molar-refractivity contribution in [2.24, 2.45) is 0 Å². The van der Waals surface area contributed by atoms with Gasteiger partial charge in [-0.25, -0.2) is 4.79 Å². The van der Waals surface area contributed by atoms with Crippen molar-refractivity contribution in [3.63, 3.8) is 0 Å². The van der Waals surface area contributed by atoms with Gasteiger partial charge in [0.2, 0.25) is 0 Å². The smallest absolute Gasteiger partial charge is 0.338 e. The topological polar surface area (TPSA) is 84.7 Å². The van der Waals surface area contributed by atoms with Crippen molar-refractivity contribution in [2.75, 3.05) is 29.9 Å². The van der Waals surface area contributed by atoms with Gasteiger partial charge in [0.25, 0.3) is 5.91 Å². The van der Waals surface area contributed by atoms with Gasteiger partial charge in [0.1, 0.15) is 17.0 Å². The van der Waals surface area contributed by atoms with Gasteiger partial charge in [-0.3, -0.25) is 4.79 Å². The van der Waals surface area contributed by atoms with Crippen molar-refractivity contribution in [1.82, 2.24) is 5.16 Å². The molecule has 1 aliphatic heterocycles. The molecule has 1 aromatic heterocycles. The summed E-state index contributed by atoms with van der Waals surface area (Å²) in [6.45, 7) is 5.58. The normalized spacial score (nSPS) is 13.6. The van der Waals surface area contributed by atoms with Crippen LogP contribution in [0.3, 0.4) is 0 Å². The zero-order valence-corrected chi connectivity index (χ0v) is 18.4. The van der Waals surface area contributed by atoms with Crippen molar-refractivity contribution in [3.05, 3.63) is 65.4 Å². The summed E-state index contributed by atoms with van der Waals surface area (Å²) in [5.74, 6) is -0.316. The largest absolute Gasteiger partial charge is 0.462 e. The minimum absolute atomic E-state index is 0.286. The number of hydrogen-bond donors (Lipinski definition) is 1. The fraction of sp³-hybridized carbons (Fsp3) is 0.320. The summed E-state index contributed by atoms with van der Waals surface area (Å²) >= 11 is 0. The number of amides is 1. The first kappa shape index (κ1) is 21.6. The third-order valence-electron chi connectivity index (χ3n) is 5.59. The third-order valence-corrected chi connectivity index (χ3v) is 5.59. The summed E-state index contributed by atoms with van der Waals surface area (Å²) in [5.41, 5.74) is 3.52. The van der Waals surface area contributed by atoms with Crippen LogP contribution in [-0.2, 0) is 4.74 Å². The second-order valence-corrected chi connectivity index (χ2v) is 7.78. The van der Waals surface area contributed by atoms with Gasteiger partial charge in [-0.1, -0.05) is 35.5 Å². The van der Waals surface area contributed by atoms with Crippen LogP contribution in [0.25, 0.3) is 11.3 Å². The fourth-order valence-corrected chi connectivity index (χ4v) is 4.01. The van der Waals surface area contributed by atoms with Gasteiger partial charge < -0.3 is 19.5 Å². The molecule has 0 atom stereocenters. The molecule has 3 aromatic rings. The molecule has 1 fully saturated rings. The number of rotatable bonds is 6. The molecule has 2 aromatic carbocycles. The number of hydrogen-bond acceptors (Lipinski definition) is 6. The number of aromatic nitrogens is 1. The van der Waals surface area contributed by atoms with Crippen LogP contribution in [0.1, 0.15) is 52.7 Å². The van der Waals surface area contributed by atoms with Crippen LogP contribution in [0.5, 0.6) is 0 Å². The molecular weight excluding hydrogens is 406 g/mol. The van der Waals surface area contributed by atoms with E-state index in [9.17, 15) is 9.59 Å². The number of nitrogens with one attached hydrogen (secondary N) is 1. The Kier molecular flexibility index (Phi) is 6.54. The van der Waals surface area contributed by atoms with E-state index < -0.39 is 5.97 Å². The maximum absolute atomic E-state index is 13.4. The average molecular weight is 434 g/mol. The lowest BCUT2D eigenvalue weighted by atomic mass is 10.0. The highest BCUT2D eigenvalue weighted by Gasteiger charge is 2.24. The Balaban J connectivity index is 1.70. The van der Waals surface area contributed by atoms with Crippen LogP contribution in [0, 0.1) is 6.92 Å². The predicted molar refractivity (Wildman–Crippen MR) is 123 cm³/mol. The summed E-state index contributed by atoms with van der Waals surface area (Å²) < 4.78 is 10.5. The molecule has 0 bridgehead atoms. The van der Waals surface area contributed by atoms with E-state index in [1.807, 2.05) is 36.4 Å². The standard InChI is InChI=1S/C25H27N3O4/c1-3-31-25(30)19-12-13-21(28-14-8-5-9-15-28)20(16-19)26-24(29)22-17(2)32-27-23(22)18-10-6-4-7-11-18/h4,6-7,10-13,16H,3,5,8-9,14-15H2,1-2H3,(H,26,29). The van der Waals surface area contributed by atoms with Gasteiger partial charge in [0.05, 0.1) is 23.5 Å². The van der Waals surface area contributed by atoms with Crippen LogP contribution in [0.15, 0.2) is 53.1 Å². The first-order valence-corrected chi connectivity index (χ1v) is 11.0. The van der Waals surface area contributed by atoms with E-state index in [1.165, 1.54) is 6.42 Å². The van der Waals surface area contributed by atoms with Crippen LogP contribution in [0.2, 0.25) is 0 Å². The zero-order valence-electron chi connectivity index (χ0n) is 18.4. The van der Waals surface area contributed by atoms with Crippen molar-refractivity contribution in [2.45, 2.75) is 33.1 Å². The molecule has 1 aliphatic rings. The first-order chi connectivity index (χ1) is 15.6. The summed E-state index contributed by atoms with van der Waals surface area (Å²) in [5, 5.41) is 7.12. The molecule has 1 amide bonds. The van der Waals surface area contributed by atoms with E-state index in [4.69, 9.17) is 9.26 Å². The maximum atomic E-state index is 13.4. The van der Waals surface area contributed by atoms with E-state index in [0.29, 0.717) is 28.3 Å². The molecule has 7 nitrogen and oxygen atoms in total. The summed E-state index contributed by atoms with van der Waals surface area (Å²) in [7, 11) is 0. The molecule has 0 aliphatic carbocycles. The molecule has 1 N–H and O–H groups in total. The van der Waals surface area contributed by atoms with Crippen molar-refractivity contribution >= 4 is 23.3 Å². The Hall–Kier alpha value is -3.61. The highest BCUT2D eigenvalue weighted by molar-refractivity contribution is 6.10. The highest BCUT2D eigenvalue weighted by atomic mass is 16.5. The average Bonchev–Trinajstić information content (AvgIpc) is 3.22. The molecular formula is C25H27N3O4. The Morgan fingerprint density at radius 3 is 2.56 bits per heavy atom. The fourth-order valence-electron chi connectivity index (χ4n) is 4.01. The van der Waals surface area contributed by atoms with E-state index in [0.717, 1.165) is 37.2 Å². The van der Waals surface area contributed by atoms with Gasteiger partial charge in [0.15, 0.2) is 0 Å². The summed E-state index contributed by atoms with van der Waals surface area (Å²) in [6, 6.07) is 14.8. The number of piperidine rings is 1. The lowest BCUT2D eigenvalue weighted by Gasteiger charge is -2.30. The molecule has 0 saturated carbocycles. The second-order valence-electron chi connectivity index (χ2n) is 7.78. The third kappa shape index (κ3) is 4.51.